The number of hydrogen-bond acceptors (Lipinski definition) is 1. The third-order valence-corrected chi connectivity index (χ3v) is 0. The molecule has 0 heterocycles. The van der Waals surface area contributed by atoms with Crippen LogP contribution >= 0.6 is 0 Å². The van der Waals surface area contributed by atoms with E-state index in [0.717, 1.165) is 0 Å². The molecule has 0 saturated heterocycles. The molecule has 0 amide bonds. The molecule has 0 aliphatic rings. The number of rotatable bonds is 0. The Balaban J connectivity index is 2.80. The Hall–Kier alpha value is -0.600. The van der Waals surface area contributed by atoms with Crippen molar-refractivity contribution in [3.05, 3.63) is 0 Å². The summed E-state index contributed by atoms with van der Waals surface area (Å²) < 4.78 is 9.81. The van der Waals surface area contributed by atoms with E-state index in [-0.39, 0.29) is 0 Å². The third kappa shape index (κ3) is 0.622. The predicted molar refractivity (Wildman–Crippen MR) is 7.19 cm³/mol. The van der Waals surface area contributed by atoms with E-state index >= 15 is 0 Å². The van der Waals surface area contributed by atoms with Crippen LogP contribution in [0.3, 0.4) is 0 Å². The maximum absolute atomic E-state index is 9.81. The van der Waals surface area contributed by atoms with Gasteiger partial charge in [-0.15, -0.1) is 4.39 Å². The molecule has 0 saturated carbocycles. The van der Waals surface area contributed by atoms with E-state index in [2.05, 4.69) is 0 Å². The summed E-state index contributed by atoms with van der Waals surface area (Å²) >= 11 is 0. The molecular weight excluding hydrogens is 65.0 g/mol. The summed E-state index contributed by atoms with van der Waals surface area (Å²) in [6, 6.07) is 0. The van der Waals surface area contributed by atoms with Gasteiger partial charge in [-0.2, -0.15) is 0 Å². The molecule has 1 radical (unpaired) electrons. The molecule has 0 aliphatic carbocycles. The summed E-state index contributed by atoms with van der Waals surface area (Å²) in [5.41, 5.74) is 0. The standard InChI is InChI=1S/CFO2/c2-1(3)4/i3+2. The summed E-state index contributed by atoms with van der Waals surface area (Å²) in [4.78, 5) is 8.22. The van der Waals surface area contributed by atoms with Crippen molar-refractivity contribution >= 4 is 6.22 Å². The monoisotopic (exact) mass is 65.0 g/mol. The predicted octanol–water partition coefficient (Wildman–Crippen LogP) is 0.506. The number of halogens is 1. The van der Waals surface area contributed by atoms with Crippen LogP contribution in [0.2, 0.25) is 0 Å². The van der Waals surface area contributed by atoms with E-state index in [1.807, 2.05) is 0 Å². The van der Waals surface area contributed by atoms with Crippen LogP contribution in [0.4, 0.5) is 9.18 Å². The molecule has 0 aromatic heterocycles. The molecule has 0 N–H and O–H groups in total. The molecule has 0 atom stereocenters. The second-order valence-electron chi connectivity index (χ2n) is 0.238. The lowest BCUT2D eigenvalue weighted by atomic mass is 11.6. The average molecular weight is 65.0 g/mol. The first-order valence-corrected chi connectivity index (χ1v) is 0.597. The molecule has 0 spiro atoms. The van der Waals surface area contributed by atoms with Crippen molar-refractivity contribution in [2.45, 2.75) is 0 Å². The van der Waals surface area contributed by atoms with Crippen molar-refractivity contribution in [2.24, 2.45) is 0 Å². The average Bonchev–Trinajstić information content (AvgIpc) is 0.811. The molecule has 0 aromatic carbocycles. The van der Waals surface area contributed by atoms with E-state index in [9.17, 15) is 4.39 Å². The van der Waals surface area contributed by atoms with Gasteiger partial charge < -0.3 is 0 Å². The fourth-order valence-corrected chi connectivity index (χ4v) is 0. The summed E-state index contributed by atoms with van der Waals surface area (Å²) in [7, 11) is 0. The van der Waals surface area contributed by atoms with Gasteiger partial charge in [-0.05, 0) is 0 Å². The molecular formula is CFO2. The molecule has 23 valence electrons. The third-order valence-electron chi connectivity index (χ3n) is 0. The summed E-state index contributed by atoms with van der Waals surface area (Å²) in [5, 5.41) is 8.22. The van der Waals surface area contributed by atoms with Crippen LogP contribution in [0.15, 0.2) is 0 Å². The lowest BCUT2D eigenvalue weighted by molar-refractivity contribution is 0.141. The van der Waals surface area contributed by atoms with Gasteiger partial charge in [-0.1, -0.05) is 0 Å². The van der Waals surface area contributed by atoms with Crippen LogP contribution in [0, 0.1) is 0 Å². The Bertz CT molecular complexity index is 29.0. The Labute approximate surface area is 21.9 Å². The minimum atomic E-state index is -2.58. The Morgan fingerprint density at radius 1 is 2.00 bits per heavy atom. The van der Waals surface area contributed by atoms with Gasteiger partial charge >= 0.3 is 6.22 Å². The minimum Gasteiger partial charge on any atom is -0.207 e. The lowest BCUT2D eigenvalue weighted by Gasteiger charge is -1.44. The van der Waals surface area contributed by atoms with Gasteiger partial charge in [0.15, 0.2) is 0 Å². The highest BCUT2D eigenvalue weighted by atomic mass is 19.2. The molecule has 0 rings (SSSR count). The second kappa shape index (κ2) is 0.817. The smallest absolute Gasteiger partial charge is 0.207 e. The molecule has 0 unspecified atom stereocenters. The summed E-state index contributed by atoms with van der Waals surface area (Å²) in [6.07, 6.45) is -2.58. The largest absolute Gasteiger partial charge is 0.536 e. The first-order chi connectivity index (χ1) is 1.73. The highest BCUT2D eigenvalue weighted by molar-refractivity contribution is 5.54. The first kappa shape index (κ1) is 3.40. The number of carbonyl (C=O) groups excluding carboxylic acids is 1. The fraction of sp³-hybridized carbons (Fsp3) is 0. The van der Waals surface area contributed by atoms with Crippen molar-refractivity contribution in [3.8, 4) is 0 Å². The SMILES string of the molecule is [O]C(=[18O])F. The highest BCUT2D eigenvalue weighted by Crippen LogP contribution is 1.60. The summed E-state index contributed by atoms with van der Waals surface area (Å²) in [6.45, 7) is 0. The minimum absolute atomic E-state index is 2.58. The van der Waals surface area contributed by atoms with E-state index in [1.54, 1.807) is 0 Å². The van der Waals surface area contributed by atoms with Crippen molar-refractivity contribution < 1.29 is 14.3 Å². The van der Waals surface area contributed by atoms with Crippen LogP contribution < -0.4 is 0 Å². The maximum atomic E-state index is 9.81. The number of carbonyl (C=O) groups is 1. The maximum Gasteiger partial charge on any atom is 0.536 e. The topological polar surface area (TPSA) is 37.0 Å². The van der Waals surface area contributed by atoms with Crippen molar-refractivity contribution in [1.29, 1.82) is 0 Å². The molecule has 2 nitrogen and oxygen atoms in total. The Morgan fingerprint density at radius 3 is 2.00 bits per heavy atom. The zero-order chi connectivity index (χ0) is 3.58. The second-order valence-corrected chi connectivity index (χ2v) is 0.238. The van der Waals surface area contributed by atoms with Crippen LogP contribution in [0.1, 0.15) is 0 Å². The normalized spacial score (nSPS) is 6.25. The Kier molecular flexibility index (Phi) is 0.694. The lowest BCUT2D eigenvalue weighted by Crippen LogP contribution is -1.65. The van der Waals surface area contributed by atoms with E-state index < -0.39 is 6.22 Å². The summed E-state index contributed by atoms with van der Waals surface area (Å²) in [5.74, 6) is 0. The molecule has 0 bridgehead atoms. The van der Waals surface area contributed by atoms with Crippen LogP contribution in [0.5, 0.6) is 0 Å². The molecule has 3 heteroatoms. The van der Waals surface area contributed by atoms with Crippen LogP contribution in [0.25, 0.3) is 0 Å². The van der Waals surface area contributed by atoms with Crippen molar-refractivity contribution in [2.75, 3.05) is 0 Å². The van der Waals surface area contributed by atoms with Gasteiger partial charge in [0.25, 0.3) is 0 Å². The molecule has 0 aliphatic heterocycles. The van der Waals surface area contributed by atoms with Gasteiger partial charge in [0.2, 0.25) is 0 Å². The fourth-order valence-electron chi connectivity index (χ4n) is 0. The molecule has 0 aromatic rings. The van der Waals surface area contributed by atoms with Gasteiger partial charge in [0, 0.05) is 0 Å². The number of hydrogen-bond donors (Lipinski definition) is 0. The van der Waals surface area contributed by atoms with Gasteiger partial charge in [0.05, 0.1) is 0 Å². The quantitative estimate of drug-likeness (QED) is 0.299. The molecule has 0 fully saturated rings. The van der Waals surface area contributed by atoms with Crippen molar-refractivity contribution in [1.82, 2.24) is 0 Å². The first-order valence-electron chi connectivity index (χ1n) is 0.597. The van der Waals surface area contributed by atoms with Gasteiger partial charge in [-0.25, -0.2) is 9.90 Å². The highest BCUT2D eigenvalue weighted by Gasteiger charge is 1.80. The Morgan fingerprint density at radius 2 is 2.00 bits per heavy atom. The van der Waals surface area contributed by atoms with Crippen LogP contribution in [-0.2, 0) is 5.11 Å². The van der Waals surface area contributed by atoms with Gasteiger partial charge in [-0.3, -0.25) is 0 Å². The van der Waals surface area contributed by atoms with E-state index in [1.165, 1.54) is 0 Å². The van der Waals surface area contributed by atoms with Crippen LogP contribution in [-0.4, -0.2) is 6.22 Å². The molecule has 4 heavy (non-hydrogen) atoms. The van der Waals surface area contributed by atoms with E-state index in [0.29, 0.717) is 0 Å². The van der Waals surface area contributed by atoms with E-state index in [4.69, 9.17) is 9.90 Å². The zero-order valence-corrected chi connectivity index (χ0v) is 1.69. The van der Waals surface area contributed by atoms with Gasteiger partial charge in [0.1, 0.15) is 0 Å². The zero-order valence-electron chi connectivity index (χ0n) is 1.69. The van der Waals surface area contributed by atoms with Crippen molar-refractivity contribution in [3.63, 3.8) is 0 Å².